The number of aryl methyl sites for hydroxylation is 2. The number of hydrogen-bond donors (Lipinski definition) is 2. The van der Waals surface area contributed by atoms with Gasteiger partial charge in [0.15, 0.2) is 5.13 Å². The van der Waals surface area contributed by atoms with E-state index in [0.29, 0.717) is 12.5 Å². The standard InChI is InChI=1S/C13H21N3OS.ClH/c1-3-11-8(2)18-13(15-11)16-12(17)10-6-4-5-9(10)7-14;/h9-10H,3-7,14H2,1-2H3,(H,15,16,17);1H/t9-,10-;/m1./s1. The van der Waals surface area contributed by atoms with Crippen LogP contribution >= 0.6 is 23.7 Å². The second kappa shape index (κ2) is 7.22. The van der Waals surface area contributed by atoms with Gasteiger partial charge in [0.1, 0.15) is 0 Å². The second-order valence-electron chi connectivity index (χ2n) is 4.90. The molecule has 2 rings (SSSR count). The van der Waals surface area contributed by atoms with Crippen LogP contribution in [-0.2, 0) is 11.2 Å². The number of thiazole rings is 1. The normalized spacial score (nSPS) is 22.1. The summed E-state index contributed by atoms with van der Waals surface area (Å²) in [5, 5.41) is 3.69. The first-order valence-corrected chi connectivity index (χ1v) is 7.44. The van der Waals surface area contributed by atoms with E-state index in [9.17, 15) is 4.79 Å². The van der Waals surface area contributed by atoms with Crippen LogP contribution in [0.4, 0.5) is 5.13 Å². The third-order valence-corrected chi connectivity index (χ3v) is 4.68. The molecule has 0 bridgehead atoms. The molecule has 0 aliphatic heterocycles. The van der Waals surface area contributed by atoms with Crippen molar-refractivity contribution in [3.8, 4) is 0 Å². The lowest BCUT2D eigenvalue weighted by molar-refractivity contribution is -0.120. The number of anilines is 1. The lowest BCUT2D eigenvalue weighted by atomic mass is 9.95. The van der Waals surface area contributed by atoms with E-state index in [2.05, 4.69) is 17.2 Å². The number of aromatic nitrogens is 1. The van der Waals surface area contributed by atoms with Gasteiger partial charge in [-0.3, -0.25) is 4.79 Å². The quantitative estimate of drug-likeness (QED) is 0.898. The van der Waals surface area contributed by atoms with Crippen molar-refractivity contribution < 1.29 is 4.79 Å². The van der Waals surface area contributed by atoms with Crippen LogP contribution in [0, 0.1) is 18.8 Å². The molecule has 1 fully saturated rings. The molecule has 2 atom stereocenters. The van der Waals surface area contributed by atoms with E-state index in [-0.39, 0.29) is 24.2 Å². The first kappa shape index (κ1) is 16.4. The Hall–Kier alpha value is -0.650. The molecule has 1 saturated carbocycles. The first-order chi connectivity index (χ1) is 8.65. The van der Waals surface area contributed by atoms with E-state index in [4.69, 9.17) is 5.73 Å². The molecule has 4 nitrogen and oxygen atoms in total. The highest BCUT2D eigenvalue weighted by Gasteiger charge is 2.32. The molecule has 1 aromatic heterocycles. The zero-order chi connectivity index (χ0) is 13.1. The Kier molecular flexibility index (Phi) is 6.23. The number of nitrogens with zero attached hydrogens (tertiary/aromatic N) is 1. The maximum Gasteiger partial charge on any atom is 0.229 e. The zero-order valence-electron chi connectivity index (χ0n) is 11.4. The molecule has 3 N–H and O–H groups in total. The molecule has 1 amide bonds. The maximum absolute atomic E-state index is 12.2. The Morgan fingerprint density at radius 1 is 1.53 bits per heavy atom. The van der Waals surface area contributed by atoms with E-state index in [0.717, 1.165) is 36.5 Å². The number of carbonyl (C=O) groups excluding carboxylic acids is 1. The third kappa shape index (κ3) is 3.68. The number of hydrogen-bond acceptors (Lipinski definition) is 4. The van der Waals surface area contributed by atoms with Gasteiger partial charge in [0.05, 0.1) is 5.69 Å². The summed E-state index contributed by atoms with van der Waals surface area (Å²) in [5.41, 5.74) is 6.79. The Bertz CT molecular complexity index is 436. The van der Waals surface area contributed by atoms with Crippen LogP contribution in [-0.4, -0.2) is 17.4 Å². The average Bonchev–Trinajstić information content (AvgIpc) is 2.95. The Morgan fingerprint density at radius 3 is 2.84 bits per heavy atom. The molecular formula is C13H22ClN3OS. The minimum atomic E-state index is 0. The van der Waals surface area contributed by atoms with E-state index in [1.807, 2.05) is 6.92 Å². The van der Waals surface area contributed by atoms with Crippen LogP contribution in [0.25, 0.3) is 0 Å². The largest absolute Gasteiger partial charge is 0.330 e. The second-order valence-corrected chi connectivity index (χ2v) is 6.10. The van der Waals surface area contributed by atoms with Gasteiger partial charge in [0, 0.05) is 10.8 Å². The van der Waals surface area contributed by atoms with E-state index in [1.165, 1.54) is 4.88 Å². The minimum absolute atomic E-state index is 0. The lowest BCUT2D eigenvalue weighted by Crippen LogP contribution is -2.29. The molecule has 1 aliphatic carbocycles. The SMILES string of the molecule is CCc1nc(NC(=O)[C@@H]2CCC[C@@H]2CN)sc1C.Cl. The van der Waals surface area contributed by atoms with Gasteiger partial charge in [-0.2, -0.15) is 0 Å². The molecule has 1 aromatic rings. The van der Waals surface area contributed by atoms with Crippen molar-refractivity contribution in [3.05, 3.63) is 10.6 Å². The minimum Gasteiger partial charge on any atom is -0.330 e. The average molecular weight is 304 g/mol. The fraction of sp³-hybridized carbons (Fsp3) is 0.692. The number of nitrogens with one attached hydrogen (secondary N) is 1. The van der Waals surface area contributed by atoms with Crippen molar-refractivity contribution in [2.75, 3.05) is 11.9 Å². The van der Waals surface area contributed by atoms with Gasteiger partial charge in [0.25, 0.3) is 0 Å². The molecule has 108 valence electrons. The van der Waals surface area contributed by atoms with Crippen molar-refractivity contribution in [1.82, 2.24) is 4.98 Å². The van der Waals surface area contributed by atoms with Crippen LogP contribution < -0.4 is 11.1 Å². The van der Waals surface area contributed by atoms with Gasteiger partial charge in [-0.15, -0.1) is 23.7 Å². The summed E-state index contributed by atoms with van der Waals surface area (Å²) in [7, 11) is 0. The lowest BCUT2D eigenvalue weighted by Gasteiger charge is -2.16. The van der Waals surface area contributed by atoms with Gasteiger partial charge in [-0.25, -0.2) is 4.98 Å². The summed E-state index contributed by atoms with van der Waals surface area (Å²) in [6, 6.07) is 0. The Balaban J connectivity index is 0.00000180. The van der Waals surface area contributed by atoms with Crippen LogP contribution in [0.15, 0.2) is 0 Å². The van der Waals surface area contributed by atoms with Crippen LogP contribution in [0.1, 0.15) is 36.8 Å². The summed E-state index contributed by atoms with van der Waals surface area (Å²) >= 11 is 1.56. The molecule has 0 radical (unpaired) electrons. The zero-order valence-corrected chi connectivity index (χ0v) is 13.1. The van der Waals surface area contributed by atoms with Crippen LogP contribution in [0.3, 0.4) is 0 Å². The van der Waals surface area contributed by atoms with E-state index in [1.54, 1.807) is 11.3 Å². The Morgan fingerprint density at radius 2 is 2.26 bits per heavy atom. The summed E-state index contributed by atoms with van der Waals surface area (Å²) in [6.45, 7) is 4.73. The van der Waals surface area contributed by atoms with Crippen molar-refractivity contribution >= 4 is 34.8 Å². The maximum atomic E-state index is 12.2. The van der Waals surface area contributed by atoms with Crippen LogP contribution in [0.5, 0.6) is 0 Å². The molecule has 6 heteroatoms. The van der Waals surface area contributed by atoms with E-state index < -0.39 is 0 Å². The van der Waals surface area contributed by atoms with Crippen molar-refractivity contribution in [2.24, 2.45) is 17.6 Å². The predicted octanol–water partition coefficient (Wildman–Crippen LogP) is 2.75. The number of amides is 1. The van der Waals surface area contributed by atoms with Crippen molar-refractivity contribution in [1.29, 1.82) is 0 Å². The predicted molar refractivity (Wildman–Crippen MR) is 82.0 cm³/mol. The van der Waals surface area contributed by atoms with Gasteiger partial charge < -0.3 is 11.1 Å². The first-order valence-electron chi connectivity index (χ1n) is 6.63. The molecule has 0 saturated heterocycles. The van der Waals surface area contributed by atoms with E-state index >= 15 is 0 Å². The molecule has 19 heavy (non-hydrogen) atoms. The molecule has 0 aromatic carbocycles. The number of nitrogens with two attached hydrogens (primary N) is 1. The molecular weight excluding hydrogens is 282 g/mol. The smallest absolute Gasteiger partial charge is 0.229 e. The summed E-state index contributed by atoms with van der Waals surface area (Å²) in [6.07, 6.45) is 4.05. The fourth-order valence-corrected chi connectivity index (χ4v) is 3.58. The molecule has 1 heterocycles. The highest BCUT2D eigenvalue weighted by atomic mass is 35.5. The van der Waals surface area contributed by atoms with Gasteiger partial charge in [-0.05, 0) is 38.6 Å². The molecule has 1 aliphatic rings. The van der Waals surface area contributed by atoms with Crippen molar-refractivity contribution in [3.63, 3.8) is 0 Å². The molecule has 0 spiro atoms. The summed E-state index contributed by atoms with van der Waals surface area (Å²) in [5.74, 6) is 0.514. The number of rotatable bonds is 4. The monoisotopic (exact) mass is 303 g/mol. The van der Waals surface area contributed by atoms with Gasteiger partial charge in [0.2, 0.25) is 5.91 Å². The number of halogens is 1. The van der Waals surface area contributed by atoms with Gasteiger partial charge in [-0.1, -0.05) is 13.3 Å². The summed E-state index contributed by atoms with van der Waals surface area (Å²) in [4.78, 5) is 17.8. The van der Waals surface area contributed by atoms with Gasteiger partial charge >= 0.3 is 0 Å². The summed E-state index contributed by atoms with van der Waals surface area (Å²) < 4.78 is 0. The third-order valence-electron chi connectivity index (χ3n) is 3.76. The van der Waals surface area contributed by atoms with Crippen molar-refractivity contribution in [2.45, 2.75) is 39.5 Å². The van der Waals surface area contributed by atoms with Crippen LogP contribution in [0.2, 0.25) is 0 Å². The fourth-order valence-electron chi connectivity index (χ4n) is 2.67. The Labute approximate surface area is 124 Å². The molecule has 0 unspecified atom stereocenters. The number of carbonyl (C=O) groups is 1. The topological polar surface area (TPSA) is 68.0 Å². The highest BCUT2D eigenvalue weighted by Crippen LogP contribution is 2.32. The highest BCUT2D eigenvalue weighted by molar-refractivity contribution is 7.15.